The number of aromatic hydroxyl groups is 1. The molecule has 0 spiro atoms. The van der Waals surface area contributed by atoms with E-state index in [1.54, 1.807) is 12.1 Å². The van der Waals surface area contributed by atoms with Crippen LogP contribution in [0.15, 0.2) is 18.2 Å². The highest BCUT2D eigenvalue weighted by Gasteiger charge is 2.14. The second-order valence-corrected chi connectivity index (χ2v) is 4.38. The molecule has 0 aromatic heterocycles. The fourth-order valence-corrected chi connectivity index (χ4v) is 1.53. The number of unbranched alkanes of at least 4 members (excludes halogenated alkanes) is 2. The summed E-state index contributed by atoms with van der Waals surface area (Å²) in [4.78, 5) is 11.6. The molecule has 0 unspecified atom stereocenters. The maximum atomic E-state index is 11.6. The molecule has 0 saturated heterocycles. The van der Waals surface area contributed by atoms with Crippen molar-refractivity contribution in [2.24, 2.45) is 0 Å². The molecule has 19 heavy (non-hydrogen) atoms. The van der Waals surface area contributed by atoms with Crippen molar-refractivity contribution in [2.75, 3.05) is 6.61 Å². The zero-order valence-electron chi connectivity index (χ0n) is 11.6. The van der Waals surface area contributed by atoms with E-state index in [0.717, 1.165) is 25.7 Å². The van der Waals surface area contributed by atoms with E-state index in [-0.39, 0.29) is 17.5 Å². The van der Waals surface area contributed by atoms with Gasteiger partial charge in [-0.1, -0.05) is 32.8 Å². The van der Waals surface area contributed by atoms with Crippen LogP contribution in [0.25, 0.3) is 0 Å². The van der Waals surface area contributed by atoms with Crippen LogP contribution in [0.1, 0.15) is 46.0 Å². The first-order valence-electron chi connectivity index (χ1n) is 6.84. The number of phenols is 1. The molecule has 1 N–H and O–H groups in total. The van der Waals surface area contributed by atoms with Gasteiger partial charge in [-0.25, -0.2) is 0 Å². The lowest BCUT2D eigenvalue weighted by molar-refractivity contribution is -0.134. The number of phenolic OH excluding ortho intramolecular Hbond substituents is 1. The third kappa shape index (κ3) is 5.20. The van der Waals surface area contributed by atoms with Crippen molar-refractivity contribution in [2.45, 2.75) is 46.0 Å². The molecule has 0 saturated carbocycles. The van der Waals surface area contributed by atoms with E-state index < -0.39 is 0 Å². The Morgan fingerprint density at radius 2 is 1.95 bits per heavy atom. The predicted molar refractivity (Wildman–Crippen MR) is 73.7 cm³/mol. The Morgan fingerprint density at radius 1 is 1.21 bits per heavy atom. The average Bonchev–Trinajstić information content (AvgIpc) is 2.40. The standard InChI is InChI=1S/C15H22O4/c1-3-5-10-14(17)19-15-12(16)8-7-9-13(15)18-11-6-4-2/h7-9,16H,3-6,10-11H2,1-2H3. The molecule has 0 radical (unpaired) electrons. The van der Waals surface area contributed by atoms with Crippen molar-refractivity contribution < 1.29 is 19.4 Å². The van der Waals surface area contributed by atoms with Gasteiger partial charge in [0.05, 0.1) is 6.61 Å². The molecule has 4 heteroatoms. The van der Waals surface area contributed by atoms with Crippen molar-refractivity contribution in [1.29, 1.82) is 0 Å². The summed E-state index contributed by atoms with van der Waals surface area (Å²) in [6.07, 6.45) is 3.98. The van der Waals surface area contributed by atoms with Crippen molar-refractivity contribution in [1.82, 2.24) is 0 Å². The lowest BCUT2D eigenvalue weighted by atomic mass is 10.2. The normalized spacial score (nSPS) is 10.2. The molecular formula is C15H22O4. The Bertz CT molecular complexity index is 401. The maximum Gasteiger partial charge on any atom is 0.311 e. The Hall–Kier alpha value is -1.71. The first-order valence-corrected chi connectivity index (χ1v) is 6.84. The SMILES string of the molecule is CCCCOc1cccc(O)c1OC(=O)CCCC. The molecule has 0 bridgehead atoms. The molecule has 106 valence electrons. The zero-order valence-corrected chi connectivity index (χ0v) is 11.6. The molecule has 0 amide bonds. The van der Waals surface area contributed by atoms with Crippen LogP contribution in [0.4, 0.5) is 0 Å². The first kappa shape index (κ1) is 15.3. The lowest BCUT2D eigenvalue weighted by Crippen LogP contribution is -2.09. The number of rotatable bonds is 8. The third-order valence-corrected chi connectivity index (χ3v) is 2.66. The minimum atomic E-state index is -0.344. The largest absolute Gasteiger partial charge is 0.504 e. The molecule has 0 fully saturated rings. The quantitative estimate of drug-likeness (QED) is 0.443. The van der Waals surface area contributed by atoms with Crippen molar-refractivity contribution in [3.8, 4) is 17.2 Å². The number of benzene rings is 1. The average molecular weight is 266 g/mol. The minimum Gasteiger partial charge on any atom is -0.504 e. The van der Waals surface area contributed by atoms with Crippen LogP contribution in [-0.2, 0) is 4.79 Å². The summed E-state index contributed by atoms with van der Waals surface area (Å²) < 4.78 is 10.7. The van der Waals surface area contributed by atoms with Gasteiger partial charge in [0.2, 0.25) is 5.75 Å². The van der Waals surface area contributed by atoms with Crippen LogP contribution in [0.2, 0.25) is 0 Å². The number of hydrogen-bond donors (Lipinski definition) is 1. The fourth-order valence-electron chi connectivity index (χ4n) is 1.53. The topological polar surface area (TPSA) is 55.8 Å². The molecule has 0 aliphatic heterocycles. The van der Waals surface area contributed by atoms with Gasteiger partial charge in [-0.05, 0) is 25.0 Å². The second kappa shape index (κ2) is 8.40. The smallest absolute Gasteiger partial charge is 0.311 e. The molecule has 0 heterocycles. The minimum absolute atomic E-state index is 0.0705. The first-order chi connectivity index (χ1) is 9.19. The number of esters is 1. The summed E-state index contributed by atoms with van der Waals surface area (Å²) in [5.74, 6) is 0.126. The summed E-state index contributed by atoms with van der Waals surface area (Å²) in [6.45, 7) is 4.61. The number of carbonyl (C=O) groups is 1. The van der Waals surface area contributed by atoms with Crippen molar-refractivity contribution >= 4 is 5.97 Å². The monoisotopic (exact) mass is 266 g/mol. The van der Waals surface area contributed by atoms with E-state index in [9.17, 15) is 9.90 Å². The van der Waals surface area contributed by atoms with Crippen LogP contribution in [-0.4, -0.2) is 17.7 Å². The van der Waals surface area contributed by atoms with E-state index in [1.165, 1.54) is 6.07 Å². The zero-order chi connectivity index (χ0) is 14.1. The highest BCUT2D eigenvalue weighted by atomic mass is 16.6. The number of para-hydroxylation sites is 1. The van der Waals surface area contributed by atoms with Crippen LogP contribution >= 0.6 is 0 Å². The summed E-state index contributed by atoms with van der Waals surface area (Å²) >= 11 is 0. The van der Waals surface area contributed by atoms with Crippen LogP contribution in [0, 0.1) is 0 Å². The van der Waals surface area contributed by atoms with Gasteiger partial charge < -0.3 is 14.6 Å². The Morgan fingerprint density at radius 3 is 2.63 bits per heavy atom. The Balaban J connectivity index is 2.71. The van der Waals surface area contributed by atoms with Gasteiger partial charge in [-0.2, -0.15) is 0 Å². The lowest BCUT2D eigenvalue weighted by Gasteiger charge is -2.12. The van der Waals surface area contributed by atoms with Crippen molar-refractivity contribution in [3.63, 3.8) is 0 Å². The van der Waals surface area contributed by atoms with Gasteiger partial charge in [0, 0.05) is 6.42 Å². The van der Waals surface area contributed by atoms with Crippen LogP contribution < -0.4 is 9.47 Å². The molecule has 1 rings (SSSR count). The van der Waals surface area contributed by atoms with E-state index in [0.29, 0.717) is 18.8 Å². The summed E-state index contributed by atoms with van der Waals surface area (Å²) in [6, 6.07) is 4.84. The third-order valence-electron chi connectivity index (χ3n) is 2.66. The molecular weight excluding hydrogens is 244 g/mol. The van der Waals surface area contributed by atoms with E-state index in [4.69, 9.17) is 9.47 Å². The number of ether oxygens (including phenoxy) is 2. The second-order valence-electron chi connectivity index (χ2n) is 4.38. The fraction of sp³-hybridized carbons (Fsp3) is 0.533. The number of carbonyl (C=O) groups excluding carboxylic acids is 1. The predicted octanol–water partition coefficient (Wildman–Crippen LogP) is 3.67. The molecule has 4 nitrogen and oxygen atoms in total. The molecule has 0 aliphatic carbocycles. The van der Waals surface area contributed by atoms with Gasteiger partial charge >= 0.3 is 5.97 Å². The van der Waals surface area contributed by atoms with Crippen LogP contribution in [0.5, 0.6) is 17.2 Å². The molecule has 0 aliphatic rings. The van der Waals surface area contributed by atoms with Crippen LogP contribution in [0.3, 0.4) is 0 Å². The van der Waals surface area contributed by atoms with Gasteiger partial charge in [0.15, 0.2) is 11.5 Å². The molecule has 0 atom stereocenters. The highest BCUT2D eigenvalue weighted by molar-refractivity contribution is 5.74. The van der Waals surface area contributed by atoms with Crippen molar-refractivity contribution in [3.05, 3.63) is 18.2 Å². The van der Waals surface area contributed by atoms with E-state index >= 15 is 0 Å². The molecule has 1 aromatic rings. The maximum absolute atomic E-state index is 11.6. The van der Waals surface area contributed by atoms with E-state index in [1.807, 2.05) is 6.92 Å². The van der Waals surface area contributed by atoms with Gasteiger partial charge in [0.25, 0.3) is 0 Å². The van der Waals surface area contributed by atoms with Gasteiger partial charge in [-0.15, -0.1) is 0 Å². The summed E-state index contributed by atoms with van der Waals surface area (Å²) in [5.41, 5.74) is 0. The molecule has 1 aromatic carbocycles. The Labute approximate surface area is 114 Å². The summed E-state index contributed by atoms with van der Waals surface area (Å²) in [7, 11) is 0. The van der Waals surface area contributed by atoms with E-state index in [2.05, 4.69) is 6.92 Å². The van der Waals surface area contributed by atoms with Gasteiger partial charge in [0.1, 0.15) is 0 Å². The Kier molecular flexibility index (Phi) is 6.79. The summed E-state index contributed by atoms with van der Waals surface area (Å²) in [5, 5.41) is 9.76. The highest BCUT2D eigenvalue weighted by Crippen LogP contribution is 2.36. The number of hydrogen-bond acceptors (Lipinski definition) is 4. The van der Waals surface area contributed by atoms with Gasteiger partial charge in [-0.3, -0.25) is 4.79 Å².